The van der Waals surface area contributed by atoms with Gasteiger partial charge in [0.2, 0.25) is 10.0 Å². The summed E-state index contributed by atoms with van der Waals surface area (Å²) in [6, 6.07) is 25.2. The van der Waals surface area contributed by atoms with Crippen LogP contribution in [0.15, 0.2) is 98.6 Å². The molecule has 1 aliphatic rings. The van der Waals surface area contributed by atoms with Gasteiger partial charge in [0, 0.05) is 28.5 Å². The number of sulfonamides is 1. The topological polar surface area (TPSA) is 63.9 Å². The minimum absolute atomic E-state index is 0.274. The molecule has 0 radical (unpaired) electrons. The van der Waals surface area contributed by atoms with E-state index in [1.54, 1.807) is 35.6 Å². The zero-order valence-electron chi connectivity index (χ0n) is 18.9. The van der Waals surface area contributed by atoms with Crippen molar-refractivity contribution in [1.29, 1.82) is 0 Å². The van der Waals surface area contributed by atoms with E-state index in [0.717, 1.165) is 20.5 Å². The molecule has 0 unspecified atom stereocenters. The third-order valence-electron chi connectivity index (χ3n) is 5.80. The first kappa shape index (κ1) is 24.1. The van der Waals surface area contributed by atoms with Crippen LogP contribution in [0.4, 0.5) is 5.69 Å². The number of halogens is 1. The van der Waals surface area contributed by atoms with Gasteiger partial charge in [0.05, 0.1) is 36.0 Å². The van der Waals surface area contributed by atoms with Gasteiger partial charge >= 0.3 is 0 Å². The van der Waals surface area contributed by atoms with E-state index in [4.69, 9.17) is 9.73 Å². The Kier molecular flexibility index (Phi) is 7.31. The summed E-state index contributed by atoms with van der Waals surface area (Å²) in [4.78, 5) is 6.00. The molecule has 35 heavy (non-hydrogen) atoms. The lowest BCUT2D eigenvalue weighted by atomic mass is 10.1. The van der Waals surface area contributed by atoms with Gasteiger partial charge in [0.15, 0.2) is 4.80 Å². The van der Waals surface area contributed by atoms with Crippen LogP contribution >= 0.6 is 27.3 Å². The molecule has 4 aromatic rings. The van der Waals surface area contributed by atoms with Gasteiger partial charge in [-0.05, 0) is 35.9 Å². The highest BCUT2D eigenvalue weighted by atomic mass is 79.9. The first-order valence-electron chi connectivity index (χ1n) is 11.2. The summed E-state index contributed by atoms with van der Waals surface area (Å²) in [5.41, 5.74) is 4.03. The molecule has 9 heteroatoms. The standard InChI is InChI=1S/C26H24BrN3O3S2/c27-24-9-5-4-8-23(24)25-19-34-26(30(25)18-20-6-2-1-3-7-20)28-21-10-12-22(13-11-21)35(31,32)29-14-16-33-17-15-29/h1-13,19H,14-18H2. The number of morpholine rings is 1. The molecular formula is C26H24BrN3O3S2. The van der Waals surface area contributed by atoms with Crippen molar-refractivity contribution < 1.29 is 13.2 Å². The van der Waals surface area contributed by atoms with E-state index in [1.807, 2.05) is 36.4 Å². The summed E-state index contributed by atoms with van der Waals surface area (Å²) in [7, 11) is -3.53. The maximum atomic E-state index is 12.9. The van der Waals surface area contributed by atoms with Crippen LogP contribution in [0.25, 0.3) is 11.3 Å². The zero-order valence-corrected chi connectivity index (χ0v) is 22.1. The van der Waals surface area contributed by atoms with E-state index in [2.05, 4.69) is 44.1 Å². The fraction of sp³-hybridized carbons (Fsp3) is 0.192. The molecule has 3 aromatic carbocycles. The molecule has 1 aliphatic heterocycles. The van der Waals surface area contributed by atoms with Gasteiger partial charge < -0.3 is 9.30 Å². The summed E-state index contributed by atoms with van der Waals surface area (Å²) in [5.74, 6) is 0. The molecule has 1 saturated heterocycles. The van der Waals surface area contributed by atoms with E-state index < -0.39 is 10.0 Å². The third-order valence-corrected chi connectivity index (χ3v) is 9.27. The SMILES string of the molecule is O=S(=O)(c1ccc(N=c2scc(-c3ccccc3Br)n2Cc2ccccc2)cc1)N1CCOCC1. The van der Waals surface area contributed by atoms with Crippen LogP contribution in [-0.4, -0.2) is 43.6 Å². The number of hydrogen-bond donors (Lipinski definition) is 0. The Morgan fingerprint density at radius 3 is 2.31 bits per heavy atom. The van der Waals surface area contributed by atoms with Crippen molar-refractivity contribution in [1.82, 2.24) is 8.87 Å². The van der Waals surface area contributed by atoms with Crippen molar-refractivity contribution in [3.05, 3.63) is 99.1 Å². The summed E-state index contributed by atoms with van der Waals surface area (Å²) in [5, 5.41) is 2.11. The van der Waals surface area contributed by atoms with Crippen molar-refractivity contribution >= 4 is 43.0 Å². The Morgan fingerprint density at radius 2 is 1.60 bits per heavy atom. The second-order valence-electron chi connectivity index (χ2n) is 8.08. The van der Waals surface area contributed by atoms with Gasteiger partial charge in [-0.2, -0.15) is 4.31 Å². The molecule has 0 N–H and O–H groups in total. The van der Waals surface area contributed by atoms with E-state index in [1.165, 1.54) is 9.87 Å². The second kappa shape index (κ2) is 10.6. The lowest BCUT2D eigenvalue weighted by Gasteiger charge is -2.26. The molecule has 0 saturated carbocycles. The molecule has 5 rings (SSSR count). The highest BCUT2D eigenvalue weighted by Crippen LogP contribution is 2.29. The van der Waals surface area contributed by atoms with Crippen LogP contribution in [0.3, 0.4) is 0 Å². The molecule has 0 atom stereocenters. The van der Waals surface area contributed by atoms with Gasteiger partial charge in [0.25, 0.3) is 0 Å². The lowest BCUT2D eigenvalue weighted by Crippen LogP contribution is -2.40. The predicted molar refractivity (Wildman–Crippen MR) is 142 cm³/mol. The maximum absolute atomic E-state index is 12.9. The minimum Gasteiger partial charge on any atom is -0.379 e. The number of nitrogens with zero attached hydrogens (tertiary/aromatic N) is 3. The molecule has 1 fully saturated rings. The maximum Gasteiger partial charge on any atom is 0.243 e. The van der Waals surface area contributed by atoms with Crippen molar-refractivity contribution in [2.24, 2.45) is 4.99 Å². The molecule has 0 aliphatic carbocycles. The van der Waals surface area contributed by atoms with Gasteiger partial charge in [0.1, 0.15) is 0 Å². The number of ether oxygens (including phenoxy) is 1. The highest BCUT2D eigenvalue weighted by molar-refractivity contribution is 9.10. The molecule has 2 heterocycles. The van der Waals surface area contributed by atoms with Crippen molar-refractivity contribution in [3.63, 3.8) is 0 Å². The van der Waals surface area contributed by atoms with Crippen LogP contribution in [-0.2, 0) is 21.3 Å². The predicted octanol–water partition coefficient (Wildman–Crippen LogP) is 5.28. The van der Waals surface area contributed by atoms with Gasteiger partial charge in [-0.1, -0.05) is 64.5 Å². The Labute approximate surface area is 217 Å². The van der Waals surface area contributed by atoms with Crippen LogP contribution in [0.1, 0.15) is 5.56 Å². The van der Waals surface area contributed by atoms with Gasteiger partial charge in [-0.25, -0.2) is 13.4 Å². The van der Waals surface area contributed by atoms with Crippen molar-refractivity contribution in [2.45, 2.75) is 11.4 Å². The minimum atomic E-state index is -3.53. The van der Waals surface area contributed by atoms with E-state index in [-0.39, 0.29) is 4.90 Å². The highest BCUT2D eigenvalue weighted by Gasteiger charge is 2.26. The quantitative estimate of drug-likeness (QED) is 0.317. The Morgan fingerprint density at radius 1 is 0.914 bits per heavy atom. The summed E-state index contributed by atoms with van der Waals surface area (Å²) in [6.45, 7) is 2.27. The van der Waals surface area contributed by atoms with Crippen LogP contribution in [0.2, 0.25) is 0 Å². The average molecular weight is 571 g/mol. The smallest absolute Gasteiger partial charge is 0.243 e. The Balaban J connectivity index is 1.52. The van der Waals surface area contributed by atoms with Gasteiger partial charge in [-0.15, -0.1) is 11.3 Å². The molecule has 180 valence electrons. The molecule has 0 spiro atoms. The number of benzene rings is 3. The largest absolute Gasteiger partial charge is 0.379 e. The van der Waals surface area contributed by atoms with Crippen LogP contribution < -0.4 is 4.80 Å². The fourth-order valence-electron chi connectivity index (χ4n) is 3.96. The Bertz CT molecular complexity index is 1470. The second-order valence-corrected chi connectivity index (χ2v) is 11.7. The summed E-state index contributed by atoms with van der Waals surface area (Å²) < 4.78 is 35.8. The van der Waals surface area contributed by atoms with Gasteiger partial charge in [-0.3, -0.25) is 0 Å². The lowest BCUT2D eigenvalue weighted by molar-refractivity contribution is 0.0730. The van der Waals surface area contributed by atoms with E-state index >= 15 is 0 Å². The molecule has 0 amide bonds. The first-order valence-corrected chi connectivity index (χ1v) is 14.3. The zero-order chi connectivity index (χ0) is 24.3. The number of hydrogen-bond acceptors (Lipinski definition) is 5. The fourth-order valence-corrected chi connectivity index (χ4v) is 6.78. The molecular weight excluding hydrogens is 546 g/mol. The normalized spacial score (nSPS) is 15.4. The van der Waals surface area contributed by atoms with Crippen molar-refractivity contribution in [3.8, 4) is 11.3 Å². The van der Waals surface area contributed by atoms with E-state index in [0.29, 0.717) is 38.5 Å². The number of aromatic nitrogens is 1. The molecule has 1 aromatic heterocycles. The summed E-state index contributed by atoms with van der Waals surface area (Å²) >= 11 is 5.24. The summed E-state index contributed by atoms with van der Waals surface area (Å²) in [6.07, 6.45) is 0. The van der Waals surface area contributed by atoms with E-state index in [9.17, 15) is 8.42 Å². The number of rotatable bonds is 6. The first-order chi connectivity index (χ1) is 17.0. The molecule has 6 nitrogen and oxygen atoms in total. The average Bonchev–Trinajstić information content (AvgIpc) is 3.27. The number of thiazole rings is 1. The van der Waals surface area contributed by atoms with Crippen molar-refractivity contribution in [2.75, 3.05) is 26.3 Å². The third kappa shape index (κ3) is 5.34. The van der Waals surface area contributed by atoms with Crippen LogP contribution in [0, 0.1) is 0 Å². The monoisotopic (exact) mass is 569 g/mol. The van der Waals surface area contributed by atoms with Crippen LogP contribution in [0.5, 0.6) is 0 Å². The Hall–Kier alpha value is -2.56. The molecule has 0 bridgehead atoms.